The average Bonchev–Trinajstić information content (AvgIpc) is 2.87. The molecule has 1 saturated carbocycles. The molecular formula is C14H18ClN3O2. The topological polar surface area (TPSA) is 59.3 Å². The summed E-state index contributed by atoms with van der Waals surface area (Å²) >= 11 is 5.89. The second-order valence-electron chi connectivity index (χ2n) is 5.96. The number of aromatic nitrogens is 1. The van der Waals surface area contributed by atoms with E-state index in [0.29, 0.717) is 11.2 Å². The molecule has 2 fully saturated rings. The predicted molar refractivity (Wildman–Crippen MR) is 78.2 cm³/mol. The summed E-state index contributed by atoms with van der Waals surface area (Å²) in [6, 6.07) is 2.83. The van der Waals surface area contributed by atoms with Crippen molar-refractivity contribution in [1.29, 1.82) is 0 Å². The lowest BCUT2D eigenvalue weighted by Crippen LogP contribution is -2.39. The Morgan fingerprint density at radius 1 is 1.20 bits per heavy atom. The molecule has 0 unspecified atom stereocenters. The fourth-order valence-corrected chi connectivity index (χ4v) is 3.77. The number of pyridine rings is 1. The molecule has 1 saturated heterocycles. The summed E-state index contributed by atoms with van der Waals surface area (Å²) in [5.41, 5.74) is 0.544. The average molecular weight is 296 g/mol. The zero-order valence-corrected chi connectivity index (χ0v) is 12.1. The number of piperidine rings is 1. The molecule has 6 heteroatoms. The minimum Gasteiger partial charge on any atom is -0.356 e. The molecule has 0 radical (unpaired) electrons. The minimum atomic E-state index is -0.417. The molecule has 20 heavy (non-hydrogen) atoms. The monoisotopic (exact) mass is 295 g/mol. The Labute approximate surface area is 123 Å². The summed E-state index contributed by atoms with van der Waals surface area (Å²) in [5.74, 6) is 0.636. The Morgan fingerprint density at radius 3 is 2.45 bits per heavy atom. The van der Waals surface area contributed by atoms with Crippen LogP contribution in [0.4, 0.5) is 11.5 Å². The van der Waals surface area contributed by atoms with Gasteiger partial charge in [0.15, 0.2) is 0 Å². The first-order valence-corrected chi connectivity index (χ1v) is 7.53. The second kappa shape index (κ2) is 5.20. The molecule has 108 valence electrons. The van der Waals surface area contributed by atoms with Gasteiger partial charge in [0.05, 0.1) is 17.1 Å². The highest BCUT2D eigenvalue weighted by Gasteiger charge is 2.37. The van der Waals surface area contributed by atoms with E-state index in [9.17, 15) is 10.1 Å². The van der Waals surface area contributed by atoms with Gasteiger partial charge in [-0.3, -0.25) is 10.1 Å². The molecule has 3 rings (SSSR count). The molecule has 0 bridgehead atoms. The lowest BCUT2D eigenvalue weighted by molar-refractivity contribution is -0.384. The third kappa shape index (κ3) is 2.59. The van der Waals surface area contributed by atoms with Crippen LogP contribution < -0.4 is 4.90 Å². The van der Waals surface area contributed by atoms with Crippen LogP contribution in [0, 0.1) is 15.5 Å². The Bertz CT molecular complexity index is 519. The lowest BCUT2D eigenvalue weighted by Gasteiger charge is -2.39. The fraction of sp³-hybridized carbons (Fsp3) is 0.643. The highest BCUT2D eigenvalue weighted by Crippen LogP contribution is 2.46. The molecule has 1 spiro atoms. The summed E-state index contributed by atoms with van der Waals surface area (Å²) in [4.78, 5) is 16.8. The number of hydrogen-bond acceptors (Lipinski definition) is 4. The van der Waals surface area contributed by atoms with E-state index < -0.39 is 4.92 Å². The highest BCUT2D eigenvalue weighted by atomic mass is 35.5. The van der Waals surface area contributed by atoms with Gasteiger partial charge in [0.25, 0.3) is 5.69 Å². The molecule has 2 heterocycles. The van der Waals surface area contributed by atoms with Crippen LogP contribution in [0.2, 0.25) is 5.15 Å². The van der Waals surface area contributed by atoms with Crippen molar-refractivity contribution >= 4 is 23.1 Å². The Hall–Kier alpha value is -1.36. The van der Waals surface area contributed by atoms with Gasteiger partial charge in [-0.1, -0.05) is 24.4 Å². The third-order valence-electron chi connectivity index (χ3n) is 4.79. The summed E-state index contributed by atoms with van der Waals surface area (Å²) in [7, 11) is 0. The largest absolute Gasteiger partial charge is 0.356 e. The number of nitrogens with zero attached hydrogens (tertiary/aromatic N) is 3. The third-order valence-corrected chi connectivity index (χ3v) is 4.98. The van der Waals surface area contributed by atoms with Gasteiger partial charge < -0.3 is 4.90 Å². The van der Waals surface area contributed by atoms with Crippen molar-refractivity contribution in [2.75, 3.05) is 18.0 Å². The molecule has 5 nitrogen and oxygen atoms in total. The molecule has 1 aliphatic heterocycles. The molecule has 0 N–H and O–H groups in total. The van der Waals surface area contributed by atoms with E-state index in [0.717, 1.165) is 25.9 Å². The summed E-state index contributed by atoms with van der Waals surface area (Å²) < 4.78 is 0. The van der Waals surface area contributed by atoms with Crippen LogP contribution in [-0.2, 0) is 0 Å². The predicted octanol–water partition coefficient (Wildman–Crippen LogP) is 3.80. The van der Waals surface area contributed by atoms with E-state index in [-0.39, 0.29) is 10.8 Å². The van der Waals surface area contributed by atoms with E-state index in [4.69, 9.17) is 11.6 Å². The maximum absolute atomic E-state index is 10.9. The zero-order valence-electron chi connectivity index (χ0n) is 11.3. The van der Waals surface area contributed by atoms with Crippen molar-refractivity contribution in [3.05, 3.63) is 27.4 Å². The van der Waals surface area contributed by atoms with Crippen LogP contribution in [0.3, 0.4) is 0 Å². The maximum atomic E-state index is 10.9. The summed E-state index contributed by atoms with van der Waals surface area (Å²) in [6.07, 6.45) is 7.69. The molecule has 2 aliphatic rings. The van der Waals surface area contributed by atoms with Crippen molar-refractivity contribution < 1.29 is 4.92 Å². The van der Waals surface area contributed by atoms with E-state index in [1.807, 2.05) is 0 Å². The Morgan fingerprint density at radius 2 is 1.85 bits per heavy atom. The van der Waals surface area contributed by atoms with E-state index in [1.54, 1.807) is 0 Å². The van der Waals surface area contributed by atoms with Crippen molar-refractivity contribution in [1.82, 2.24) is 4.98 Å². The van der Waals surface area contributed by atoms with Crippen LogP contribution in [-0.4, -0.2) is 23.0 Å². The fourth-order valence-electron chi connectivity index (χ4n) is 3.57. The van der Waals surface area contributed by atoms with Crippen LogP contribution in [0.15, 0.2) is 12.1 Å². The van der Waals surface area contributed by atoms with Gasteiger partial charge in [-0.05, 0) is 31.1 Å². The van der Waals surface area contributed by atoms with Gasteiger partial charge in [0.1, 0.15) is 11.0 Å². The van der Waals surface area contributed by atoms with Crippen LogP contribution >= 0.6 is 11.6 Å². The van der Waals surface area contributed by atoms with Crippen LogP contribution in [0.1, 0.15) is 38.5 Å². The molecule has 0 atom stereocenters. The standard InChI is InChI=1S/C14H18ClN3O2/c15-12-9-11(18(19)20)10-13(16-12)17-7-5-14(6-8-17)3-1-2-4-14/h9-10H,1-8H2. The summed E-state index contributed by atoms with van der Waals surface area (Å²) in [6.45, 7) is 1.84. The Balaban J connectivity index is 1.76. The SMILES string of the molecule is O=[N+]([O-])c1cc(Cl)nc(N2CCC3(CCCC3)CC2)c1. The van der Waals surface area contributed by atoms with Crippen molar-refractivity contribution in [3.8, 4) is 0 Å². The number of hydrogen-bond donors (Lipinski definition) is 0. The van der Waals surface area contributed by atoms with Gasteiger partial charge in [-0.2, -0.15) is 0 Å². The molecule has 0 aromatic carbocycles. The quantitative estimate of drug-likeness (QED) is 0.473. The van der Waals surface area contributed by atoms with Crippen molar-refractivity contribution in [3.63, 3.8) is 0 Å². The van der Waals surface area contributed by atoms with Gasteiger partial charge >= 0.3 is 0 Å². The smallest absolute Gasteiger partial charge is 0.276 e. The molecular weight excluding hydrogens is 278 g/mol. The molecule has 1 aliphatic carbocycles. The maximum Gasteiger partial charge on any atom is 0.276 e. The number of rotatable bonds is 2. The first kappa shape index (κ1) is 13.6. The highest BCUT2D eigenvalue weighted by molar-refractivity contribution is 6.29. The van der Waals surface area contributed by atoms with E-state index >= 15 is 0 Å². The normalized spacial score (nSPS) is 21.4. The summed E-state index contributed by atoms with van der Waals surface area (Å²) in [5, 5.41) is 11.1. The number of anilines is 1. The van der Waals surface area contributed by atoms with Crippen molar-refractivity contribution in [2.24, 2.45) is 5.41 Å². The molecule has 1 aromatic heterocycles. The van der Waals surface area contributed by atoms with Crippen LogP contribution in [0.25, 0.3) is 0 Å². The van der Waals surface area contributed by atoms with E-state index in [1.165, 1.54) is 37.8 Å². The first-order valence-electron chi connectivity index (χ1n) is 7.15. The molecule has 0 amide bonds. The number of nitro groups is 1. The van der Waals surface area contributed by atoms with Gasteiger partial charge in [0, 0.05) is 13.1 Å². The Kier molecular flexibility index (Phi) is 3.54. The van der Waals surface area contributed by atoms with Gasteiger partial charge in [0.2, 0.25) is 0 Å². The van der Waals surface area contributed by atoms with E-state index in [2.05, 4.69) is 9.88 Å². The van der Waals surface area contributed by atoms with Crippen LogP contribution in [0.5, 0.6) is 0 Å². The van der Waals surface area contributed by atoms with Crippen molar-refractivity contribution in [2.45, 2.75) is 38.5 Å². The zero-order chi connectivity index (χ0) is 14.2. The van der Waals surface area contributed by atoms with Gasteiger partial charge in [-0.15, -0.1) is 0 Å². The number of halogens is 1. The lowest BCUT2D eigenvalue weighted by atomic mass is 9.77. The minimum absolute atomic E-state index is 0.0150. The second-order valence-corrected chi connectivity index (χ2v) is 6.34. The van der Waals surface area contributed by atoms with Gasteiger partial charge in [-0.25, -0.2) is 4.98 Å². The molecule has 1 aromatic rings. The first-order chi connectivity index (χ1) is 9.58.